The Morgan fingerprint density at radius 1 is 1.47 bits per heavy atom. The summed E-state index contributed by atoms with van der Waals surface area (Å²) in [6.45, 7) is -0.518. The maximum Gasteiger partial charge on any atom is 0.285 e. The van der Waals surface area contributed by atoms with Gasteiger partial charge in [-0.3, -0.25) is 0 Å². The van der Waals surface area contributed by atoms with E-state index in [1.165, 1.54) is 18.1 Å². The van der Waals surface area contributed by atoms with Crippen LogP contribution in [-0.4, -0.2) is 35.1 Å². The lowest BCUT2D eigenvalue weighted by Crippen LogP contribution is -2.29. The fourth-order valence-corrected chi connectivity index (χ4v) is 2.64. The molecule has 1 aromatic carbocycles. The highest BCUT2D eigenvalue weighted by Gasteiger charge is 2.25. The lowest BCUT2D eigenvalue weighted by molar-refractivity contribution is 0.413. The average Bonchev–Trinajstić information content (AvgIpc) is 2.33. The van der Waals surface area contributed by atoms with Gasteiger partial charge in [-0.05, 0) is 12.1 Å². The molecule has 0 bridgehead atoms. The Kier molecular flexibility index (Phi) is 3.01. The predicted molar refractivity (Wildman–Crippen MR) is 62.0 cm³/mol. The molecule has 0 saturated heterocycles. The van der Waals surface area contributed by atoms with Gasteiger partial charge >= 0.3 is 0 Å². The molecule has 1 aromatic rings. The number of alkyl halides is 1. The van der Waals surface area contributed by atoms with Gasteiger partial charge < -0.3 is 9.64 Å². The van der Waals surface area contributed by atoms with Crippen molar-refractivity contribution in [1.82, 2.24) is 0 Å². The summed E-state index contributed by atoms with van der Waals surface area (Å²) in [5.41, 5.74) is 0.415. The van der Waals surface area contributed by atoms with Gasteiger partial charge in [0.25, 0.3) is 10.0 Å². The van der Waals surface area contributed by atoms with Crippen molar-refractivity contribution in [2.45, 2.75) is 4.90 Å². The van der Waals surface area contributed by atoms with E-state index in [0.717, 1.165) is 6.34 Å². The first-order valence-electron chi connectivity index (χ1n) is 4.89. The van der Waals surface area contributed by atoms with Gasteiger partial charge in [-0.1, -0.05) is 0 Å². The molecule has 0 saturated carbocycles. The molecular formula is C10H11FN2O3S. The Balaban J connectivity index is 2.56. The van der Waals surface area contributed by atoms with Crippen molar-refractivity contribution in [2.75, 3.05) is 25.2 Å². The van der Waals surface area contributed by atoms with Crippen molar-refractivity contribution in [2.24, 2.45) is 4.40 Å². The molecule has 7 heteroatoms. The van der Waals surface area contributed by atoms with Crippen molar-refractivity contribution in [3.63, 3.8) is 0 Å². The van der Waals surface area contributed by atoms with E-state index >= 15 is 0 Å². The Hall–Kier alpha value is -1.63. The van der Waals surface area contributed by atoms with E-state index in [-0.39, 0.29) is 11.4 Å². The molecule has 5 nitrogen and oxygen atoms in total. The third-order valence-electron chi connectivity index (χ3n) is 2.41. The quantitative estimate of drug-likeness (QED) is 0.817. The molecule has 0 aromatic heterocycles. The number of hydrogen-bond donors (Lipinski definition) is 0. The van der Waals surface area contributed by atoms with Crippen molar-refractivity contribution in [3.05, 3.63) is 18.2 Å². The van der Waals surface area contributed by atoms with Crippen LogP contribution in [0.1, 0.15) is 0 Å². The fraction of sp³-hybridized carbons (Fsp3) is 0.300. The van der Waals surface area contributed by atoms with Gasteiger partial charge in [0, 0.05) is 6.07 Å². The molecule has 0 radical (unpaired) electrons. The van der Waals surface area contributed by atoms with E-state index in [0.29, 0.717) is 11.4 Å². The van der Waals surface area contributed by atoms with Crippen LogP contribution >= 0.6 is 0 Å². The monoisotopic (exact) mass is 258 g/mol. The van der Waals surface area contributed by atoms with Crippen molar-refractivity contribution >= 4 is 22.0 Å². The van der Waals surface area contributed by atoms with Crippen molar-refractivity contribution < 1.29 is 17.5 Å². The highest BCUT2D eigenvalue weighted by Crippen LogP contribution is 2.32. The Labute approximate surface area is 98.6 Å². The minimum Gasteiger partial charge on any atom is -0.497 e. The number of rotatable bonds is 3. The van der Waals surface area contributed by atoms with E-state index in [1.807, 2.05) is 0 Å². The predicted octanol–water partition coefficient (Wildman–Crippen LogP) is 1.20. The van der Waals surface area contributed by atoms with Gasteiger partial charge in [-0.15, -0.1) is 4.40 Å². The van der Waals surface area contributed by atoms with Gasteiger partial charge in [0.05, 0.1) is 19.3 Å². The lowest BCUT2D eigenvalue weighted by atomic mass is 10.2. The third-order valence-corrected chi connectivity index (χ3v) is 3.66. The minimum absolute atomic E-state index is 0.0350. The highest BCUT2D eigenvalue weighted by molar-refractivity contribution is 7.90. The number of benzene rings is 1. The third kappa shape index (κ3) is 2.10. The van der Waals surface area contributed by atoms with Crippen molar-refractivity contribution in [1.29, 1.82) is 0 Å². The molecule has 1 aliphatic rings. The summed E-state index contributed by atoms with van der Waals surface area (Å²) >= 11 is 0. The average molecular weight is 258 g/mol. The summed E-state index contributed by atoms with van der Waals surface area (Å²) in [4.78, 5) is 1.49. The molecule has 92 valence electrons. The van der Waals surface area contributed by atoms with E-state index < -0.39 is 16.7 Å². The lowest BCUT2D eigenvalue weighted by Gasteiger charge is -2.24. The molecule has 0 fully saturated rings. The summed E-state index contributed by atoms with van der Waals surface area (Å²) < 4.78 is 44.2. The van der Waals surface area contributed by atoms with E-state index in [9.17, 15) is 12.8 Å². The summed E-state index contributed by atoms with van der Waals surface area (Å²) in [5, 5.41) is 0. The Bertz CT molecular complexity index is 557. The fourth-order valence-electron chi connectivity index (χ4n) is 1.57. The molecule has 0 atom stereocenters. The maximum absolute atomic E-state index is 12.3. The van der Waals surface area contributed by atoms with Crippen LogP contribution in [0.5, 0.6) is 5.75 Å². The summed E-state index contributed by atoms with van der Waals surface area (Å²) in [7, 11) is -2.26. The maximum atomic E-state index is 12.3. The summed E-state index contributed by atoms with van der Waals surface area (Å²) in [5.74, 6) is 0.421. The Morgan fingerprint density at radius 3 is 2.88 bits per heavy atom. The van der Waals surface area contributed by atoms with Crippen LogP contribution in [0.3, 0.4) is 0 Å². The summed E-state index contributed by atoms with van der Waals surface area (Å²) in [6, 6.07) is 4.58. The SMILES string of the molecule is COc1ccc2c(c1)S(=O)(=O)N=CN2CCF. The smallest absolute Gasteiger partial charge is 0.285 e. The number of nitrogens with zero attached hydrogens (tertiary/aromatic N) is 2. The van der Waals surface area contributed by atoms with Crippen LogP contribution in [0.15, 0.2) is 27.5 Å². The molecule has 0 amide bonds. The summed E-state index contributed by atoms with van der Waals surface area (Å²) in [6.07, 6.45) is 1.13. The van der Waals surface area contributed by atoms with E-state index in [4.69, 9.17) is 4.74 Å². The minimum atomic E-state index is -3.70. The van der Waals surface area contributed by atoms with E-state index in [1.54, 1.807) is 12.1 Å². The van der Waals surface area contributed by atoms with Gasteiger partial charge in [-0.2, -0.15) is 8.42 Å². The molecular weight excluding hydrogens is 247 g/mol. The number of hydrogen-bond acceptors (Lipinski definition) is 4. The van der Waals surface area contributed by atoms with E-state index in [2.05, 4.69) is 4.40 Å². The highest BCUT2D eigenvalue weighted by atomic mass is 32.2. The number of ether oxygens (including phenoxy) is 1. The molecule has 0 N–H and O–H groups in total. The number of fused-ring (bicyclic) bond motifs is 1. The van der Waals surface area contributed by atoms with Gasteiger partial charge in [0.1, 0.15) is 23.7 Å². The molecule has 1 aliphatic heterocycles. The largest absolute Gasteiger partial charge is 0.497 e. The molecule has 0 aliphatic carbocycles. The molecule has 1 heterocycles. The molecule has 0 spiro atoms. The zero-order valence-electron chi connectivity index (χ0n) is 9.13. The van der Waals surface area contributed by atoms with Crippen LogP contribution in [0.25, 0.3) is 0 Å². The number of methoxy groups -OCH3 is 1. The molecule has 0 unspecified atom stereocenters. The second kappa shape index (κ2) is 4.33. The van der Waals surface area contributed by atoms with Gasteiger partial charge in [-0.25, -0.2) is 4.39 Å². The second-order valence-corrected chi connectivity index (χ2v) is 5.01. The van der Waals surface area contributed by atoms with Crippen LogP contribution in [0.2, 0.25) is 0 Å². The number of anilines is 1. The van der Waals surface area contributed by atoms with Crippen LogP contribution in [0.4, 0.5) is 10.1 Å². The second-order valence-electron chi connectivity index (χ2n) is 3.41. The first-order chi connectivity index (χ1) is 8.08. The first kappa shape index (κ1) is 11.8. The number of halogens is 1. The topological polar surface area (TPSA) is 59.0 Å². The van der Waals surface area contributed by atoms with Crippen molar-refractivity contribution in [3.8, 4) is 5.75 Å². The molecule has 2 rings (SSSR count). The Morgan fingerprint density at radius 2 is 2.24 bits per heavy atom. The van der Waals surface area contributed by atoms with Crippen LogP contribution in [0, 0.1) is 0 Å². The van der Waals surface area contributed by atoms with Gasteiger partial charge in [0.15, 0.2) is 0 Å². The normalized spacial score (nSPS) is 16.7. The van der Waals surface area contributed by atoms with Crippen LogP contribution < -0.4 is 9.64 Å². The van der Waals surface area contributed by atoms with Crippen LogP contribution in [-0.2, 0) is 10.0 Å². The zero-order valence-corrected chi connectivity index (χ0v) is 9.95. The zero-order chi connectivity index (χ0) is 12.5. The molecule has 17 heavy (non-hydrogen) atoms. The van der Waals surface area contributed by atoms with Gasteiger partial charge in [0.2, 0.25) is 0 Å². The standard InChI is InChI=1S/C10H11FN2O3S/c1-16-8-2-3-9-10(6-8)17(14,15)12-7-13(9)5-4-11/h2-3,6-7H,4-5H2,1H3. The number of sulfonamides is 1. The first-order valence-corrected chi connectivity index (χ1v) is 6.33.